The predicted octanol–water partition coefficient (Wildman–Crippen LogP) is 7.53. The standard InChI is InChI=1S/C15H16N2.C14H22O2.Ni/c1-11-7-6-8-12(2)15(11)17-13(3)14-9-4-5-10-16-14;1-13(2,3)9-7-8-10(14(4,5)6)12(16)11(9)15;/h4-10H,1-3H3;7-8,15-16H,1-6H3;. The van der Waals surface area contributed by atoms with E-state index in [2.05, 4.69) is 42.0 Å². The number of hydrogen-bond acceptors (Lipinski definition) is 4. The Labute approximate surface area is 215 Å². The van der Waals surface area contributed by atoms with E-state index in [0.29, 0.717) is 0 Å². The average molecular weight is 505 g/mol. The van der Waals surface area contributed by atoms with Crippen molar-refractivity contribution >= 4 is 11.4 Å². The molecule has 186 valence electrons. The van der Waals surface area contributed by atoms with Gasteiger partial charge in [-0.2, -0.15) is 0 Å². The number of rotatable bonds is 2. The number of hydrogen-bond donors (Lipinski definition) is 2. The molecule has 0 aliphatic carbocycles. The molecule has 3 rings (SSSR count). The van der Waals surface area contributed by atoms with Crippen LogP contribution in [0.3, 0.4) is 0 Å². The van der Waals surface area contributed by atoms with Crippen LogP contribution in [0.15, 0.2) is 59.7 Å². The Morgan fingerprint density at radius 1 is 0.735 bits per heavy atom. The summed E-state index contributed by atoms with van der Waals surface area (Å²) in [5.74, 6) is 0.0276. The Bertz CT molecular complexity index is 1070. The van der Waals surface area contributed by atoms with Crippen LogP contribution in [-0.4, -0.2) is 20.9 Å². The van der Waals surface area contributed by atoms with Crippen molar-refractivity contribution in [3.8, 4) is 11.5 Å². The molecule has 0 saturated carbocycles. The van der Waals surface area contributed by atoms with Crippen molar-refractivity contribution in [3.63, 3.8) is 0 Å². The first-order valence-corrected chi connectivity index (χ1v) is 11.3. The second-order valence-electron chi connectivity index (χ2n) is 10.5. The summed E-state index contributed by atoms with van der Waals surface area (Å²) in [5, 5.41) is 20.1. The molecule has 0 fully saturated rings. The molecule has 0 amide bonds. The van der Waals surface area contributed by atoms with Gasteiger partial charge in [0.05, 0.1) is 17.1 Å². The Hall–Kier alpha value is -2.65. The van der Waals surface area contributed by atoms with Crippen LogP contribution in [0.5, 0.6) is 11.5 Å². The van der Waals surface area contributed by atoms with Gasteiger partial charge in [0.2, 0.25) is 0 Å². The number of benzene rings is 2. The van der Waals surface area contributed by atoms with E-state index in [9.17, 15) is 10.2 Å². The molecule has 1 aromatic heterocycles. The summed E-state index contributed by atoms with van der Waals surface area (Å²) in [5.41, 5.74) is 6.53. The summed E-state index contributed by atoms with van der Waals surface area (Å²) in [6.45, 7) is 18.2. The molecule has 0 unspecified atom stereocenters. The van der Waals surface area contributed by atoms with Gasteiger partial charge in [0.15, 0.2) is 11.5 Å². The zero-order valence-corrected chi connectivity index (χ0v) is 22.8. The minimum Gasteiger partial charge on any atom is -0.504 e. The Morgan fingerprint density at radius 3 is 1.59 bits per heavy atom. The van der Waals surface area contributed by atoms with Crippen LogP contribution in [0.2, 0.25) is 0 Å². The summed E-state index contributed by atoms with van der Waals surface area (Å²) < 4.78 is 0. The molecule has 34 heavy (non-hydrogen) atoms. The van der Waals surface area contributed by atoms with E-state index in [-0.39, 0.29) is 38.8 Å². The van der Waals surface area contributed by atoms with Crippen molar-refractivity contribution in [2.24, 2.45) is 4.99 Å². The second kappa shape index (κ2) is 11.7. The predicted molar refractivity (Wildman–Crippen MR) is 139 cm³/mol. The van der Waals surface area contributed by atoms with Crippen LogP contribution in [0.25, 0.3) is 0 Å². The molecule has 1 heterocycles. The number of para-hydroxylation sites is 1. The first-order valence-electron chi connectivity index (χ1n) is 11.3. The summed E-state index contributed by atoms with van der Waals surface area (Å²) in [6.07, 6.45) is 1.79. The quantitative estimate of drug-likeness (QED) is 0.215. The van der Waals surface area contributed by atoms with E-state index in [1.54, 1.807) is 6.20 Å². The third kappa shape index (κ3) is 7.43. The zero-order valence-electron chi connectivity index (χ0n) is 21.8. The monoisotopic (exact) mass is 504 g/mol. The molecule has 0 radical (unpaired) electrons. The molecule has 2 N–H and O–H groups in total. The fraction of sp³-hybridized carbons (Fsp3) is 0.379. The SMILES string of the molecule is CC(=Nc1c(C)cccc1C)c1ccccn1.CC(C)(C)c1ccc(C(C)(C)C)c(O)c1O.[Ni]. The van der Waals surface area contributed by atoms with Crippen molar-refractivity contribution in [1.82, 2.24) is 4.98 Å². The summed E-state index contributed by atoms with van der Waals surface area (Å²) in [4.78, 5) is 8.99. The van der Waals surface area contributed by atoms with Crippen LogP contribution < -0.4 is 0 Å². The summed E-state index contributed by atoms with van der Waals surface area (Å²) in [7, 11) is 0. The van der Waals surface area contributed by atoms with Crippen LogP contribution in [0.4, 0.5) is 5.69 Å². The maximum absolute atomic E-state index is 10.0. The number of phenols is 2. The van der Waals surface area contributed by atoms with Gasteiger partial charge in [0, 0.05) is 33.8 Å². The normalized spacial score (nSPS) is 11.9. The molecular formula is C29H38N2NiO2. The van der Waals surface area contributed by atoms with E-state index in [1.165, 1.54) is 11.1 Å². The van der Waals surface area contributed by atoms with E-state index in [4.69, 9.17) is 0 Å². The van der Waals surface area contributed by atoms with E-state index in [1.807, 2.05) is 78.8 Å². The first kappa shape index (κ1) is 29.4. The van der Waals surface area contributed by atoms with Crippen LogP contribution in [0.1, 0.15) is 76.4 Å². The molecule has 0 spiro atoms. The largest absolute Gasteiger partial charge is 0.504 e. The minimum absolute atomic E-state index is 0. The molecule has 2 aromatic carbocycles. The fourth-order valence-corrected chi connectivity index (χ4v) is 3.57. The molecule has 5 heteroatoms. The summed E-state index contributed by atoms with van der Waals surface area (Å²) in [6, 6.07) is 15.9. The Kier molecular flexibility index (Phi) is 10.1. The van der Waals surface area contributed by atoms with Crippen molar-refractivity contribution in [3.05, 3.63) is 82.7 Å². The van der Waals surface area contributed by atoms with Gasteiger partial charge in [-0.15, -0.1) is 0 Å². The zero-order chi connectivity index (χ0) is 25.0. The molecule has 0 saturated heterocycles. The number of aliphatic imine (C=N–C) groups is 1. The number of phenolic OH excluding ortho intramolecular Hbond substituents is 2. The fourth-order valence-electron chi connectivity index (χ4n) is 3.57. The van der Waals surface area contributed by atoms with E-state index in [0.717, 1.165) is 28.2 Å². The topological polar surface area (TPSA) is 65.7 Å². The van der Waals surface area contributed by atoms with Crippen LogP contribution in [0, 0.1) is 13.8 Å². The van der Waals surface area contributed by atoms with Crippen molar-refractivity contribution in [2.45, 2.75) is 73.1 Å². The number of nitrogens with zero attached hydrogens (tertiary/aromatic N) is 2. The maximum atomic E-state index is 10.0. The second-order valence-corrected chi connectivity index (χ2v) is 10.5. The van der Waals surface area contributed by atoms with Gasteiger partial charge in [-0.05, 0) is 54.9 Å². The van der Waals surface area contributed by atoms with Gasteiger partial charge in [0.1, 0.15) is 0 Å². The van der Waals surface area contributed by atoms with Crippen molar-refractivity contribution in [2.75, 3.05) is 0 Å². The number of aromatic nitrogens is 1. The molecular weight excluding hydrogens is 467 g/mol. The number of aryl methyl sites for hydroxylation is 2. The molecule has 0 aliphatic rings. The smallest absolute Gasteiger partial charge is 0.161 e. The van der Waals surface area contributed by atoms with Gasteiger partial charge >= 0.3 is 0 Å². The number of pyridine rings is 1. The van der Waals surface area contributed by atoms with Gasteiger partial charge in [-0.1, -0.05) is 77.9 Å². The first-order chi connectivity index (χ1) is 15.2. The van der Waals surface area contributed by atoms with E-state index >= 15 is 0 Å². The molecule has 0 aliphatic heterocycles. The van der Waals surface area contributed by atoms with Crippen LogP contribution >= 0.6 is 0 Å². The van der Waals surface area contributed by atoms with Crippen molar-refractivity contribution < 1.29 is 26.7 Å². The third-order valence-electron chi connectivity index (χ3n) is 5.52. The van der Waals surface area contributed by atoms with Gasteiger partial charge in [0.25, 0.3) is 0 Å². The van der Waals surface area contributed by atoms with Gasteiger partial charge in [-0.25, -0.2) is 0 Å². The molecule has 0 atom stereocenters. The Balaban J connectivity index is 0.000000331. The third-order valence-corrected chi connectivity index (χ3v) is 5.52. The van der Waals surface area contributed by atoms with Gasteiger partial charge in [-0.3, -0.25) is 9.98 Å². The minimum atomic E-state index is -0.169. The maximum Gasteiger partial charge on any atom is 0.161 e. The average Bonchev–Trinajstić information content (AvgIpc) is 2.72. The summed E-state index contributed by atoms with van der Waals surface area (Å²) >= 11 is 0. The molecule has 3 aromatic rings. The van der Waals surface area contributed by atoms with Gasteiger partial charge < -0.3 is 10.2 Å². The molecule has 4 nitrogen and oxygen atoms in total. The van der Waals surface area contributed by atoms with E-state index < -0.39 is 0 Å². The number of aromatic hydroxyl groups is 2. The van der Waals surface area contributed by atoms with Crippen LogP contribution in [-0.2, 0) is 27.3 Å². The molecule has 0 bridgehead atoms. The Morgan fingerprint density at radius 2 is 1.21 bits per heavy atom. The van der Waals surface area contributed by atoms with Crippen molar-refractivity contribution in [1.29, 1.82) is 0 Å².